The number of hydrogen-bond donors (Lipinski definition) is 2. The number of rotatable bonds is 8. The second kappa shape index (κ2) is 12.3. The molecule has 0 bridgehead atoms. The molecule has 0 atom stereocenters. The second-order valence-corrected chi connectivity index (χ2v) is 6.57. The first-order chi connectivity index (χ1) is 13.8. The minimum absolute atomic E-state index is 0. The van der Waals surface area contributed by atoms with Gasteiger partial charge in [0.15, 0.2) is 17.5 Å². The molecule has 1 aromatic heterocycles. The Kier molecular flexibility index (Phi) is 9.76. The number of aromatic nitrogens is 1. The van der Waals surface area contributed by atoms with E-state index in [1.807, 2.05) is 36.4 Å². The van der Waals surface area contributed by atoms with Crippen LogP contribution in [0.2, 0.25) is 0 Å². The molecule has 0 unspecified atom stereocenters. The summed E-state index contributed by atoms with van der Waals surface area (Å²) in [5.74, 6) is 2.71. The van der Waals surface area contributed by atoms with Gasteiger partial charge < -0.3 is 20.1 Å². The zero-order chi connectivity index (χ0) is 19.6. The van der Waals surface area contributed by atoms with Gasteiger partial charge in [-0.2, -0.15) is 0 Å². The van der Waals surface area contributed by atoms with E-state index in [-0.39, 0.29) is 24.0 Å². The molecule has 0 spiro atoms. The minimum atomic E-state index is 0. The fraction of sp³-hybridized carbons (Fsp3) is 0.364. The van der Waals surface area contributed by atoms with E-state index in [1.165, 1.54) is 0 Å². The molecule has 2 aromatic rings. The predicted octanol–water partition coefficient (Wildman–Crippen LogP) is 4.66. The van der Waals surface area contributed by atoms with Crippen LogP contribution in [0.1, 0.15) is 31.7 Å². The van der Waals surface area contributed by atoms with E-state index >= 15 is 0 Å². The number of nitrogens with one attached hydrogen (secondary N) is 2. The molecule has 0 fully saturated rings. The third kappa shape index (κ3) is 6.92. The summed E-state index contributed by atoms with van der Waals surface area (Å²) in [6, 6.07) is 12.0. The van der Waals surface area contributed by atoms with Crippen molar-refractivity contribution in [3.63, 3.8) is 0 Å². The van der Waals surface area contributed by atoms with E-state index in [9.17, 15) is 0 Å². The topological polar surface area (TPSA) is 67.8 Å². The molecule has 0 aliphatic heterocycles. The van der Waals surface area contributed by atoms with Crippen LogP contribution in [-0.2, 0) is 6.54 Å². The number of guanidine groups is 1. The Morgan fingerprint density at radius 1 is 1.14 bits per heavy atom. The van der Waals surface area contributed by atoms with E-state index in [0.29, 0.717) is 30.8 Å². The molecule has 0 radical (unpaired) electrons. The first-order valence-electron chi connectivity index (χ1n) is 9.76. The predicted molar refractivity (Wildman–Crippen MR) is 127 cm³/mol. The highest BCUT2D eigenvalue weighted by molar-refractivity contribution is 14.0. The summed E-state index contributed by atoms with van der Waals surface area (Å²) in [7, 11) is 1.78. The van der Waals surface area contributed by atoms with Gasteiger partial charge in [-0.3, -0.25) is 4.99 Å². The normalized spacial score (nSPS) is 13.7. The highest BCUT2D eigenvalue weighted by Crippen LogP contribution is 2.31. The summed E-state index contributed by atoms with van der Waals surface area (Å²) in [5.41, 5.74) is 0.945. The van der Waals surface area contributed by atoms with Crippen LogP contribution in [0.5, 0.6) is 17.4 Å². The van der Waals surface area contributed by atoms with Crippen molar-refractivity contribution in [2.75, 3.05) is 13.7 Å². The number of pyridine rings is 1. The van der Waals surface area contributed by atoms with Gasteiger partial charge in [0.05, 0.1) is 6.61 Å². The number of aliphatic imine (C=N–C) groups is 1. The van der Waals surface area contributed by atoms with Gasteiger partial charge in [0.1, 0.15) is 0 Å². The van der Waals surface area contributed by atoms with Gasteiger partial charge in [-0.1, -0.05) is 37.3 Å². The molecule has 7 heteroatoms. The molecule has 3 rings (SSSR count). The lowest BCUT2D eigenvalue weighted by Crippen LogP contribution is -2.42. The fourth-order valence-electron chi connectivity index (χ4n) is 2.92. The summed E-state index contributed by atoms with van der Waals surface area (Å²) in [5, 5.41) is 6.78. The second-order valence-electron chi connectivity index (χ2n) is 6.57. The Balaban J connectivity index is 0.00000300. The molecule has 1 aromatic carbocycles. The number of halogens is 1. The van der Waals surface area contributed by atoms with Crippen molar-refractivity contribution in [2.24, 2.45) is 4.99 Å². The third-order valence-electron chi connectivity index (χ3n) is 4.39. The maximum Gasteiger partial charge on any atom is 0.224 e. The summed E-state index contributed by atoms with van der Waals surface area (Å²) >= 11 is 0. The van der Waals surface area contributed by atoms with E-state index < -0.39 is 0 Å². The average molecular weight is 508 g/mol. The molecule has 29 heavy (non-hydrogen) atoms. The molecule has 0 saturated carbocycles. The Morgan fingerprint density at radius 2 is 1.90 bits per heavy atom. The quantitative estimate of drug-likeness (QED) is 0.235. The first kappa shape index (κ1) is 23.0. The van der Waals surface area contributed by atoms with Crippen molar-refractivity contribution >= 4 is 29.9 Å². The van der Waals surface area contributed by atoms with Gasteiger partial charge in [0, 0.05) is 31.4 Å². The van der Waals surface area contributed by atoms with Crippen molar-refractivity contribution in [1.29, 1.82) is 0 Å². The van der Waals surface area contributed by atoms with Crippen LogP contribution in [0.25, 0.3) is 0 Å². The molecule has 0 saturated heterocycles. The van der Waals surface area contributed by atoms with Crippen molar-refractivity contribution in [1.82, 2.24) is 15.6 Å². The molecule has 1 aliphatic rings. The summed E-state index contributed by atoms with van der Waals surface area (Å²) in [6.07, 6.45) is 9.10. The van der Waals surface area contributed by atoms with Gasteiger partial charge in [-0.15, -0.1) is 24.0 Å². The SMILES string of the molecule is CCCOc1ccccc1Oc1ncccc1CNC(=NC)NC1CC=CC1.I. The highest BCUT2D eigenvalue weighted by atomic mass is 127. The lowest BCUT2D eigenvalue weighted by atomic mass is 10.2. The Labute approximate surface area is 189 Å². The number of benzene rings is 1. The van der Waals surface area contributed by atoms with Crippen LogP contribution < -0.4 is 20.1 Å². The maximum absolute atomic E-state index is 6.09. The van der Waals surface area contributed by atoms with Crippen molar-refractivity contribution < 1.29 is 9.47 Å². The van der Waals surface area contributed by atoms with Gasteiger partial charge >= 0.3 is 0 Å². The van der Waals surface area contributed by atoms with E-state index in [0.717, 1.165) is 36.5 Å². The van der Waals surface area contributed by atoms with E-state index in [1.54, 1.807) is 13.2 Å². The largest absolute Gasteiger partial charge is 0.490 e. The zero-order valence-electron chi connectivity index (χ0n) is 16.9. The summed E-state index contributed by atoms with van der Waals surface area (Å²) in [6.45, 7) is 3.28. The Bertz CT molecular complexity index is 818. The van der Waals surface area contributed by atoms with Crippen LogP contribution >= 0.6 is 24.0 Å². The van der Waals surface area contributed by atoms with Crippen molar-refractivity contribution in [2.45, 2.75) is 38.8 Å². The summed E-state index contributed by atoms with van der Waals surface area (Å²) < 4.78 is 11.9. The van der Waals surface area contributed by atoms with Crippen molar-refractivity contribution in [3.05, 3.63) is 60.3 Å². The standard InChI is InChI=1S/C22H28N4O2.HI/c1-3-15-27-19-12-6-7-13-20(19)28-21-17(9-8-14-24-21)16-25-22(23-2)26-18-10-4-5-11-18;/h4-9,12-14,18H,3,10-11,15-16H2,1-2H3,(H2,23,25,26);1H. The minimum Gasteiger partial charge on any atom is -0.490 e. The molecular formula is C22H29IN4O2. The number of hydrogen-bond acceptors (Lipinski definition) is 4. The van der Waals surface area contributed by atoms with Gasteiger partial charge in [0.2, 0.25) is 5.88 Å². The Hall–Kier alpha value is -2.29. The molecule has 6 nitrogen and oxygen atoms in total. The van der Waals surface area contributed by atoms with Crippen LogP contribution in [0, 0.1) is 0 Å². The smallest absolute Gasteiger partial charge is 0.224 e. The lowest BCUT2D eigenvalue weighted by Gasteiger charge is -2.18. The van der Waals surface area contributed by atoms with Crippen LogP contribution in [0.3, 0.4) is 0 Å². The molecule has 1 aliphatic carbocycles. The zero-order valence-corrected chi connectivity index (χ0v) is 19.3. The van der Waals surface area contributed by atoms with E-state index in [4.69, 9.17) is 9.47 Å². The molecular weight excluding hydrogens is 479 g/mol. The van der Waals surface area contributed by atoms with Crippen LogP contribution in [0.4, 0.5) is 0 Å². The van der Waals surface area contributed by atoms with Gasteiger partial charge in [-0.25, -0.2) is 4.98 Å². The number of nitrogens with zero attached hydrogens (tertiary/aromatic N) is 2. The molecule has 156 valence electrons. The maximum atomic E-state index is 6.09. The van der Waals surface area contributed by atoms with Crippen molar-refractivity contribution in [3.8, 4) is 17.4 Å². The van der Waals surface area contributed by atoms with E-state index in [2.05, 4.69) is 39.7 Å². The number of ether oxygens (including phenoxy) is 2. The van der Waals surface area contributed by atoms with Crippen LogP contribution in [0.15, 0.2) is 59.7 Å². The first-order valence-corrected chi connectivity index (χ1v) is 9.76. The molecule has 1 heterocycles. The lowest BCUT2D eigenvalue weighted by molar-refractivity contribution is 0.300. The summed E-state index contributed by atoms with van der Waals surface area (Å²) in [4.78, 5) is 8.73. The molecule has 2 N–H and O–H groups in total. The number of para-hydroxylation sites is 2. The van der Waals surface area contributed by atoms with Gasteiger partial charge in [-0.05, 0) is 37.5 Å². The van der Waals surface area contributed by atoms with Crippen LogP contribution in [-0.4, -0.2) is 30.6 Å². The average Bonchev–Trinajstić information content (AvgIpc) is 3.24. The Morgan fingerprint density at radius 3 is 2.62 bits per heavy atom. The third-order valence-corrected chi connectivity index (χ3v) is 4.39. The molecule has 0 amide bonds. The van der Waals surface area contributed by atoms with Gasteiger partial charge in [0.25, 0.3) is 0 Å². The monoisotopic (exact) mass is 508 g/mol. The fourth-order valence-corrected chi connectivity index (χ4v) is 2.92. The highest BCUT2D eigenvalue weighted by Gasteiger charge is 2.13.